The molecule has 0 saturated heterocycles. The molecule has 0 aliphatic carbocycles. The molecule has 0 aromatic carbocycles. The Morgan fingerprint density at radius 1 is 1.24 bits per heavy atom. The zero-order valence-electron chi connectivity index (χ0n) is 19.2. The molecule has 1 unspecified atom stereocenters. The van der Waals surface area contributed by atoms with Gasteiger partial charge in [0, 0.05) is 25.0 Å². The van der Waals surface area contributed by atoms with Crippen molar-refractivity contribution < 1.29 is 9.53 Å². The second-order valence-corrected chi connectivity index (χ2v) is 7.19. The zero-order valence-corrected chi connectivity index (χ0v) is 19.2. The van der Waals surface area contributed by atoms with Gasteiger partial charge in [-0.05, 0) is 76.2 Å². The molecule has 0 heterocycles. The SMILES string of the molecule is C=C/C(C)=C(\C=N/CC(C)N(C)C/C(CC(=O)OCC)=C(C)/C=C\N=C)CCC. The van der Waals surface area contributed by atoms with E-state index in [1.54, 1.807) is 6.20 Å². The van der Waals surface area contributed by atoms with E-state index in [1.807, 2.05) is 39.3 Å². The molecule has 0 aliphatic rings. The van der Waals surface area contributed by atoms with Crippen molar-refractivity contribution >= 4 is 18.9 Å². The molecular formula is C24H39N3O2. The molecule has 1 atom stereocenters. The summed E-state index contributed by atoms with van der Waals surface area (Å²) < 4.78 is 5.13. The number of esters is 1. The highest BCUT2D eigenvalue weighted by Gasteiger charge is 2.15. The molecule has 0 spiro atoms. The van der Waals surface area contributed by atoms with Gasteiger partial charge in [0.1, 0.15) is 0 Å². The molecular weight excluding hydrogens is 362 g/mol. The Morgan fingerprint density at radius 3 is 2.48 bits per heavy atom. The van der Waals surface area contributed by atoms with Crippen molar-refractivity contribution in [3.8, 4) is 0 Å². The van der Waals surface area contributed by atoms with Gasteiger partial charge >= 0.3 is 5.97 Å². The van der Waals surface area contributed by atoms with Gasteiger partial charge in [-0.1, -0.05) is 26.0 Å². The predicted molar refractivity (Wildman–Crippen MR) is 126 cm³/mol. The summed E-state index contributed by atoms with van der Waals surface area (Å²) in [4.78, 5) is 22.6. The van der Waals surface area contributed by atoms with Crippen LogP contribution in [0.2, 0.25) is 0 Å². The smallest absolute Gasteiger partial charge is 0.309 e. The molecule has 5 heteroatoms. The van der Waals surface area contributed by atoms with Crippen molar-refractivity contribution in [1.82, 2.24) is 4.90 Å². The van der Waals surface area contributed by atoms with Crippen LogP contribution in [0.1, 0.15) is 53.9 Å². The van der Waals surface area contributed by atoms with Crippen molar-refractivity contribution in [3.63, 3.8) is 0 Å². The summed E-state index contributed by atoms with van der Waals surface area (Å²) in [6, 6.07) is 0.227. The number of ether oxygens (including phenoxy) is 1. The number of carbonyl (C=O) groups excluding carboxylic acids is 1. The zero-order chi connectivity index (χ0) is 22.2. The highest BCUT2D eigenvalue weighted by Crippen LogP contribution is 2.15. The summed E-state index contributed by atoms with van der Waals surface area (Å²) in [5, 5.41) is 0. The van der Waals surface area contributed by atoms with Gasteiger partial charge in [0.2, 0.25) is 0 Å². The number of likely N-dealkylation sites (N-methyl/N-ethyl adjacent to an activating group) is 1. The lowest BCUT2D eigenvalue weighted by Crippen LogP contribution is -2.34. The van der Waals surface area contributed by atoms with Crippen molar-refractivity contribution in [3.05, 3.63) is 47.2 Å². The van der Waals surface area contributed by atoms with Crippen molar-refractivity contribution in [1.29, 1.82) is 0 Å². The lowest BCUT2D eigenvalue weighted by atomic mass is 10.0. The normalized spacial score (nSPS) is 14.7. The van der Waals surface area contributed by atoms with Crippen LogP contribution in [0.3, 0.4) is 0 Å². The first-order valence-corrected chi connectivity index (χ1v) is 10.3. The Labute approximate surface area is 177 Å². The second kappa shape index (κ2) is 15.6. The molecule has 0 aromatic heterocycles. The Bertz CT molecular complexity index is 657. The van der Waals surface area contributed by atoms with Crippen LogP contribution in [0, 0.1) is 0 Å². The number of allylic oxidation sites excluding steroid dienone is 5. The van der Waals surface area contributed by atoms with E-state index < -0.39 is 0 Å². The van der Waals surface area contributed by atoms with E-state index >= 15 is 0 Å². The van der Waals surface area contributed by atoms with E-state index in [9.17, 15) is 4.79 Å². The maximum Gasteiger partial charge on any atom is 0.309 e. The van der Waals surface area contributed by atoms with E-state index in [-0.39, 0.29) is 18.4 Å². The van der Waals surface area contributed by atoms with Crippen LogP contribution in [0.5, 0.6) is 0 Å². The van der Waals surface area contributed by atoms with E-state index in [2.05, 4.69) is 49.0 Å². The second-order valence-electron chi connectivity index (χ2n) is 7.19. The van der Waals surface area contributed by atoms with Gasteiger partial charge in [0.15, 0.2) is 0 Å². The first-order chi connectivity index (χ1) is 13.8. The highest BCUT2D eigenvalue weighted by molar-refractivity contribution is 5.80. The molecule has 0 aromatic rings. The average molecular weight is 402 g/mol. The molecule has 5 nitrogen and oxygen atoms in total. The third-order valence-corrected chi connectivity index (χ3v) is 4.79. The van der Waals surface area contributed by atoms with Crippen molar-refractivity contribution in [2.45, 2.75) is 59.9 Å². The predicted octanol–water partition coefficient (Wildman–Crippen LogP) is 5.16. The van der Waals surface area contributed by atoms with Gasteiger partial charge in [-0.3, -0.25) is 19.7 Å². The Morgan fingerprint density at radius 2 is 1.93 bits per heavy atom. The molecule has 0 bridgehead atoms. The van der Waals surface area contributed by atoms with Gasteiger partial charge in [0.05, 0.1) is 19.6 Å². The van der Waals surface area contributed by atoms with Gasteiger partial charge in [0.25, 0.3) is 0 Å². The first-order valence-electron chi connectivity index (χ1n) is 10.3. The van der Waals surface area contributed by atoms with Crippen LogP contribution in [0.25, 0.3) is 0 Å². The molecule has 0 fully saturated rings. The number of hydrogen-bond donors (Lipinski definition) is 0. The summed E-state index contributed by atoms with van der Waals surface area (Å²) in [5.74, 6) is -0.213. The summed E-state index contributed by atoms with van der Waals surface area (Å²) in [5.41, 5.74) is 4.42. The molecule has 0 N–H and O–H groups in total. The van der Waals surface area contributed by atoms with Crippen LogP contribution in [0.15, 0.2) is 57.2 Å². The van der Waals surface area contributed by atoms with Crippen molar-refractivity contribution in [2.75, 3.05) is 26.7 Å². The number of rotatable bonds is 14. The van der Waals surface area contributed by atoms with Crippen LogP contribution in [0.4, 0.5) is 0 Å². The number of hydrogen-bond acceptors (Lipinski definition) is 5. The number of nitrogens with zero attached hydrogens (tertiary/aromatic N) is 3. The summed E-state index contributed by atoms with van der Waals surface area (Å²) in [7, 11) is 2.05. The third-order valence-electron chi connectivity index (χ3n) is 4.79. The lowest BCUT2D eigenvalue weighted by molar-refractivity contribution is -0.142. The highest BCUT2D eigenvalue weighted by atomic mass is 16.5. The van der Waals surface area contributed by atoms with Gasteiger partial charge in [-0.15, -0.1) is 0 Å². The van der Waals surface area contributed by atoms with Gasteiger partial charge in [-0.2, -0.15) is 0 Å². The molecule has 29 heavy (non-hydrogen) atoms. The molecule has 0 rings (SSSR count). The summed E-state index contributed by atoms with van der Waals surface area (Å²) in [6.07, 6.45) is 9.72. The average Bonchev–Trinajstić information content (AvgIpc) is 2.70. The standard InChI is InChI=1S/C24H39N3O2/c1-9-12-22(19(4)10-2)17-26-16-21(6)27(8)18-23(15-24(28)29-11-3)20(5)13-14-25-7/h10,13-14,17,21H,2,7,9,11-12,15-16,18H2,1,3-6,8H3/b14-13-,22-19-,23-20+,26-17-. The van der Waals surface area contributed by atoms with Gasteiger partial charge in [-0.25, -0.2) is 0 Å². The Kier molecular flexibility index (Phi) is 14.4. The minimum absolute atomic E-state index is 0.213. The van der Waals surface area contributed by atoms with Crippen LogP contribution < -0.4 is 0 Å². The van der Waals surface area contributed by atoms with E-state index in [4.69, 9.17) is 4.74 Å². The first kappa shape index (κ1) is 26.7. The third kappa shape index (κ3) is 11.3. The maximum absolute atomic E-state index is 12.0. The number of carbonyl (C=O) groups is 1. The van der Waals surface area contributed by atoms with E-state index in [0.29, 0.717) is 19.7 Å². The largest absolute Gasteiger partial charge is 0.466 e. The van der Waals surface area contributed by atoms with Crippen LogP contribution >= 0.6 is 0 Å². The van der Waals surface area contributed by atoms with E-state index in [1.165, 1.54) is 11.1 Å². The van der Waals surface area contributed by atoms with Crippen LogP contribution in [-0.4, -0.2) is 56.6 Å². The molecule has 0 radical (unpaired) electrons. The van der Waals surface area contributed by atoms with Gasteiger partial charge < -0.3 is 4.74 Å². The number of aliphatic imine (C=N–C) groups is 2. The summed E-state index contributed by atoms with van der Waals surface area (Å²) >= 11 is 0. The monoisotopic (exact) mass is 401 g/mol. The van der Waals surface area contributed by atoms with E-state index in [0.717, 1.165) is 24.0 Å². The minimum atomic E-state index is -0.213. The molecule has 162 valence electrons. The molecule has 0 aliphatic heterocycles. The maximum atomic E-state index is 12.0. The summed E-state index contributed by atoms with van der Waals surface area (Å²) in [6.45, 7) is 19.2. The Hall–Kier alpha value is -2.27. The minimum Gasteiger partial charge on any atom is -0.466 e. The fourth-order valence-corrected chi connectivity index (χ4v) is 2.66. The lowest BCUT2D eigenvalue weighted by Gasteiger charge is -2.25. The molecule has 0 saturated carbocycles. The quantitative estimate of drug-likeness (QED) is 0.229. The van der Waals surface area contributed by atoms with Crippen molar-refractivity contribution in [2.24, 2.45) is 9.98 Å². The van der Waals surface area contributed by atoms with Crippen LogP contribution in [-0.2, 0) is 9.53 Å². The fourth-order valence-electron chi connectivity index (χ4n) is 2.66. The Balaban J connectivity index is 5.19. The molecule has 0 amide bonds. The topological polar surface area (TPSA) is 54.3 Å². The fraction of sp³-hybridized carbons (Fsp3) is 0.542.